The van der Waals surface area contributed by atoms with Gasteiger partial charge in [-0.3, -0.25) is 4.90 Å². The van der Waals surface area contributed by atoms with Gasteiger partial charge in [-0.15, -0.1) is 0 Å². The van der Waals surface area contributed by atoms with Crippen LogP contribution in [0.1, 0.15) is 12.5 Å². The van der Waals surface area contributed by atoms with Crippen LogP contribution >= 0.6 is 0 Å². The highest BCUT2D eigenvalue weighted by atomic mass is 16.3. The van der Waals surface area contributed by atoms with Crippen molar-refractivity contribution in [2.45, 2.75) is 19.6 Å². The Kier molecular flexibility index (Phi) is 5.25. The molecule has 0 aromatic heterocycles. The molecule has 1 unspecified atom stereocenters. The van der Waals surface area contributed by atoms with E-state index in [0.29, 0.717) is 6.54 Å². The van der Waals surface area contributed by atoms with E-state index in [1.165, 1.54) is 0 Å². The minimum Gasteiger partial charge on any atom is -0.399 e. The van der Waals surface area contributed by atoms with Crippen LogP contribution in [0.25, 0.3) is 0 Å². The van der Waals surface area contributed by atoms with Crippen molar-refractivity contribution >= 4 is 5.69 Å². The third kappa shape index (κ3) is 4.18. The van der Waals surface area contributed by atoms with E-state index in [4.69, 9.17) is 10.8 Å². The lowest BCUT2D eigenvalue weighted by Gasteiger charge is -2.22. The molecule has 0 amide bonds. The van der Waals surface area contributed by atoms with E-state index >= 15 is 0 Å². The monoisotopic (exact) mass is 224 g/mol. The molecule has 0 fully saturated rings. The van der Waals surface area contributed by atoms with Crippen molar-refractivity contribution in [2.24, 2.45) is 0 Å². The van der Waals surface area contributed by atoms with Crippen molar-refractivity contribution in [3.05, 3.63) is 29.8 Å². The molecule has 1 aromatic carbocycles. The van der Waals surface area contributed by atoms with E-state index in [2.05, 4.69) is 4.90 Å². The van der Waals surface area contributed by atoms with Gasteiger partial charge in [0.15, 0.2) is 0 Å². The molecular weight excluding hydrogens is 204 g/mol. The first kappa shape index (κ1) is 13.0. The molecule has 0 heterocycles. The molecule has 4 N–H and O–H groups in total. The Morgan fingerprint density at radius 3 is 2.75 bits per heavy atom. The maximum Gasteiger partial charge on any atom is 0.0897 e. The lowest BCUT2D eigenvalue weighted by atomic mass is 10.2. The number of benzene rings is 1. The zero-order chi connectivity index (χ0) is 12.0. The molecule has 16 heavy (non-hydrogen) atoms. The Hall–Kier alpha value is -1.10. The van der Waals surface area contributed by atoms with E-state index in [1.54, 1.807) is 0 Å². The largest absolute Gasteiger partial charge is 0.399 e. The summed E-state index contributed by atoms with van der Waals surface area (Å²) in [6.07, 6.45) is -0.680. The highest BCUT2D eigenvalue weighted by Crippen LogP contribution is 2.09. The number of hydrogen-bond acceptors (Lipinski definition) is 4. The zero-order valence-corrected chi connectivity index (χ0v) is 9.63. The zero-order valence-electron chi connectivity index (χ0n) is 9.63. The summed E-state index contributed by atoms with van der Waals surface area (Å²) in [5, 5.41) is 18.2. The Morgan fingerprint density at radius 2 is 2.19 bits per heavy atom. The van der Waals surface area contributed by atoms with Crippen LogP contribution in [0.15, 0.2) is 24.3 Å². The third-order valence-corrected chi connectivity index (χ3v) is 2.48. The second-order valence-corrected chi connectivity index (χ2v) is 3.91. The normalized spacial score (nSPS) is 13.0. The van der Waals surface area contributed by atoms with E-state index in [0.717, 1.165) is 24.3 Å². The van der Waals surface area contributed by atoms with E-state index < -0.39 is 6.10 Å². The Morgan fingerprint density at radius 1 is 1.44 bits per heavy atom. The van der Waals surface area contributed by atoms with Crippen LogP contribution in [0.4, 0.5) is 5.69 Å². The van der Waals surface area contributed by atoms with Gasteiger partial charge in [0.2, 0.25) is 0 Å². The number of aliphatic hydroxyl groups is 2. The quantitative estimate of drug-likeness (QED) is 0.613. The summed E-state index contributed by atoms with van der Waals surface area (Å²) >= 11 is 0. The number of hydrogen-bond donors (Lipinski definition) is 3. The van der Waals surface area contributed by atoms with Crippen LogP contribution in [0.3, 0.4) is 0 Å². The van der Waals surface area contributed by atoms with Gasteiger partial charge in [0.05, 0.1) is 12.7 Å². The average Bonchev–Trinajstić information content (AvgIpc) is 2.28. The summed E-state index contributed by atoms with van der Waals surface area (Å²) in [6.45, 7) is 3.86. The van der Waals surface area contributed by atoms with Gasteiger partial charge in [0.25, 0.3) is 0 Å². The van der Waals surface area contributed by atoms with Gasteiger partial charge in [-0.1, -0.05) is 19.1 Å². The lowest BCUT2D eigenvalue weighted by Crippen LogP contribution is -2.33. The SMILES string of the molecule is CCN(Cc1cccc(N)c1)CC(O)CO. The summed E-state index contributed by atoms with van der Waals surface area (Å²) in [6, 6.07) is 7.70. The van der Waals surface area contributed by atoms with Gasteiger partial charge in [-0.2, -0.15) is 0 Å². The molecule has 0 radical (unpaired) electrons. The van der Waals surface area contributed by atoms with E-state index in [1.807, 2.05) is 31.2 Å². The summed E-state index contributed by atoms with van der Waals surface area (Å²) in [5.74, 6) is 0. The van der Waals surface area contributed by atoms with Crippen molar-refractivity contribution in [1.29, 1.82) is 0 Å². The van der Waals surface area contributed by atoms with Gasteiger partial charge in [0, 0.05) is 18.8 Å². The Balaban J connectivity index is 2.56. The first-order valence-corrected chi connectivity index (χ1v) is 5.51. The fraction of sp³-hybridized carbons (Fsp3) is 0.500. The molecule has 0 aliphatic heterocycles. The molecule has 4 heteroatoms. The second kappa shape index (κ2) is 6.48. The van der Waals surface area contributed by atoms with Crippen molar-refractivity contribution in [2.75, 3.05) is 25.4 Å². The standard InChI is InChI=1S/C12H20N2O2/c1-2-14(8-12(16)9-15)7-10-4-3-5-11(13)6-10/h3-6,12,15-16H,2,7-9,13H2,1H3. The fourth-order valence-corrected chi connectivity index (χ4v) is 1.61. The molecule has 0 saturated carbocycles. The number of rotatable bonds is 6. The van der Waals surface area contributed by atoms with Crippen LogP contribution < -0.4 is 5.73 Å². The molecular formula is C12H20N2O2. The first-order valence-electron chi connectivity index (χ1n) is 5.51. The first-order chi connectivity index (χ1) is 7.65. The maximum absolute atomic E-state index is 9.38. The highest BCUT2D eigenvalue weighted by Gasteiger charge is 2.09. The molecule has 0 bridgehead atoms. The highest BCUT2D eigenvalue weighted by molar-refractivity contribution is 5.40. The van der Waals surface area contributed by atoms with E-state index in [9.17, 15) is 5.11 Å². The van der Waals surface area contributed by atoms with E-state index in [-0.39, 0.29) is 6.61 Å². The van der Waals surface area contributed by atoms with Crippen LogP contribution in [-0.4, -0.2) is 40.9 Å². The minimum absolute atomic E-state index is 0.201. The summed E-state index contributed by atoms with van der Waals surface area (Å²) in [7, 11) is 0. The maximum atomic E-state index is 9.38. The molecule has 1 aromatic rings. The minimum atomic E-state index is -0.680. The molecule has 0 aliphatic carbocycles. The number of nitrogen functional groups attached to an aromatic ring is 1. The molecule has 0 aliphatic rings. The smallest absolute Gasteiger partial charge is 0.0897 e. The summed E-state index contributed by atoms with van der Waals surface area (Å²) < 4.78 is 0. The third-order valence-electron chi connectivity index (χ3n) is 2.48. The van der Waals surface area contributed by atoms with Crippen LogP contribution in [-0.2, 0) is 6.54 Å². The van der Waals surface area contributed by atoms with Crippen molar-refractivity contribution in [1.82, 2.24) is 4.90 Å². The number of nitrogens with two attached hydrogens (primary N) is 1. The average molecular weight is 224 g/mol. The predicted octanol–water partition coefficient (Wildman–Crippen LogP) is 0.444. The molecule has 4 nitrogen and oxygen atoms in total. The molecule has 1 rings (SSSR count). The number of anilines is 1. The molecule has 0 saturated heterocycles. The second-order valence-electron chi connectivity index (χ2n) is 3.91. The topological polar surface area (TPSA) is 69.7 Å². The Labute approximate surface area is 96.3 Å². The van der Waals surface area contributed by atoms with Crippen molar-refractivity contribution < 1.29 is 10.2 Å². The number of aliphatic hydroxyl groups excluding tert-OH is 2. The predicted molar refractivity (Wildman–Crippen MR) is 64.9 cm³/mol. The fourth-order valence-electron chi connectivity index (χ4n) is 1.61. The number of likely N-dealkylation sites (N-methyl/N-ethyl adjacent to an activating group) is 1. The van der Waals surface area contributed by atoms with Gasteiger partial charge in [0.1, 0.15) is 0 Å². The van der Waals surface area contributed by atoms with Gasteiger partial charge in [-0.05, 0) is 24.2 Å². The van der Waals surface area contributed by atoms with Crippen LogP contribution in [0.5, 0.6) is 0 Å². The van der Waals surface area contributed by atoms with Gasteiger partial charge >= 0.3 is 0 Å². The van der Waals surface area contributed by atoms with Crippen molar-refractivity contribution in [3.8, 4) is 0 Å². The van der Waals surface area contributed by atoms with Crippen LogP contribution in [0, 0.1) is 0 Å². The van der Waals surface area contributed by atoms with Gasteiger partial charge < -0.3 is 15.9 Å². The van der Waals surface area contributed by atoms with Crippen molar-refractivity contribution in [3.63, 3.8) is 0 Å². The molecule has 1 atom stereocenters. The Bertz CT molecular complexity index is 318. The number of nitrogens with zero attached hydrogens (tertiary/aromatic N) is 1. The summed E-state index contributed by atoms with van der Waals surface area (Å²) in [5.41, 5.74) is 7.56. The summed E-state index contributed by atoms with van der Waals surface area (Å²) in [4.78, 5) is 2.07. The van der Waals surface area contributed by atoms with Crippen LogP contribution in [0.2, 0.25) is 0 Å². The molecule has 90 valence electrons. The lowest BCUT2D eigenvalue weighted by molar-refractivity contribution is 0.0585. The van der Waals surface area contributed by atoms with Gasteiger partial charge in [-0.25, -0.2) is 0 Å². The molecule has 0 spiro atoms.